The third kappa shape index (κ3) is 4.57. The molecule has 2 atom stereocenters. The fraction of sp³-hybridized carbons (Fsp3) is 0.867. The van der Waals surface area contributed by atoms with E-state index in [2.05, 4.69) is 5.32 Å². The van der Waals surface area contributed by atoms with Crippen LogP contribution in [-0.4, -0.2) is 54.1 Å². The maximum absolute atomic E-state index is 12.3. The molecule has 2 fully saturated rings. The first kappa shape index (κ1) is 19.2. The first-order valence-electron chi connectivity index (χ1n) is 7.73. The largest absolute Gasteiger partial charge is 0.381 e. The van der Waals surface area contributed by atoms with Crippen molar-refractivity contribution in [1.29, 1.82) is 0 Å². The molecule has 0 aromatic rings. The molecule has 0 bridgehead atoms. The van der Waals surface area contributed by atoms with Gasteiger partial charge >= 0.3 is 0 Å². The van der Waals surface area contributed by atoms with Gasteiger partial charge in [-0.15, -0.1) is 12.4 Å². The molecule has 22 heavy (non-hydrogen) atoms. The van der Waals surface area contributed by atoms with E-state index >= 15 is 0 Å². The lowest BCUT2D eigenvalue weighted by Gasteiger charge is -2.32. The molecule has 0 aromatic heterocycles. The Kier molecular flexibility index (Phi) is 6.65. The number of nitrogens with one attached hydrogen (secondary N) is 1. The molecule has 2 unspecified atom stereocenters. The normalized spacial score (nSPS) is 24.8. The number of halogens is 1. The highest BCUT2D eigenvalue weighted by Gasteiger charge is 2.38. The number of likely N-dealkylation sites (tertiary alicyclic amines) is 1. The lowest BCUT2D eigenvalue weighted by Crippen LogP contribution is -2.51. The molecule has 2 amide bonds. The Morgan fingerprint density at radius 1 is 1.36 bits per heavy atom. The van der Waals surface area contributed by atoms with Crippen molar-refractivity contribution in [2.75, 3.05) is 19.8 Å². The van der Waals surface area contributed by atoms with Crippen LogP contribution in [0.5, 0.6) is 0 Å². The van der Waals surface area contributed by atoms with Gasteiger partial charge in [0, 0.05) is 31.7 Å². The molecule has 0 spiro atoms. The van der Waals surface area contributed by atoms with Crippen LogP contribution in [0.2, 0.25) is 0 Å². The average Bonchev–Trinajstić information content (AvgIpc) is 2.79. The van der Waals surface area contributed by atoms with E-state index < -0.39 is 6.04 Å². The van der Waals surface area contributed by atoms with Crippen LogP contribution >= 0.6 is 12.4 Å². The molecule has 2 aliphatic rings. The molecule has 0 saturated carbocycles. The van der Waals surface area contributed by atoms with Crippen molar-refractivity contribution in [1.82, 2.24) is 10.2 Å². The van der Waals surface area contributed by atoms with Crippen molar-refractivity contribution in [2.24, 2.45) is 11.7 Å². The van der Waals surface area contributed by atoms with Gasteiger partial charge in [0.05, 0.1) is 12.1 Å². The number of hydrogen-bond donors (Lipinski definition) is 2. The predicted molar refractivity (Wildman–Crippen MR) is 86.8 cm³/mol. The van der Waals surface area contributed by atoms with Gasteiger partial charge in [-0.2, -0.15) is 0 Å². The molecule has 2 saturated heterocycles. The summed E-state index contributed by atoms with van der Waals surface area (Å²) in [5.74, 6) is 0.123. The minimum atomic E-state index is -0.507. The molecule has 6 nitrogen and oxygen atoms in total. The molecule has 128 valence electrons. The van der Waals surface area contributed by atoms with Gasteiger partial charge in [0.25, 0.3) is 0 Å². The Morgan fingerprint density at radius 2 is 1.95 bits per heavy atom. The third-order valence-corrected chi connectivity index (χ3v) is 4.36. The lowest BCUT2D eigenvalue weighted by molar-refractivity contribution is -0.131. The smallest absolute Gasteiger partial charge is 0.237 e. The first-order chi connectivity index (χ1) is 9.79. The van der Waals surface area contributed by atoms with E-state index in [-0.39, 0.29) is 41.7 Å². The number of carbonyl (C=O) groups is 2. The summed E-state index contributed by atoms with van der Waals surface area (Å²) in [5, 5.41) is 2.94. The van der Waals surface area contributed by atoms with Gasteiger partial charge in [0.1, 0.15) is 0 Å². The van der Waals surface area contributed by atoms with Gasteiger partial charge in [-0.05, 0) is 39.5 Å². The van der Waals surface area contributed by atoms with E-state index in [0.717, 1.165) is 12.8 Å². The van der Waals surface area contributed by atoms with Gasteiger partial charge in [-0.25, -0.2) is 0 Å². The molecule has 0 aliphatic carbocycles. The Morgan fingerprint density at radius 3 is 2.45 bits per heavy atom. The van der Waals surface area contributed by atoms with Crippen LogP contribution in [0.25, 0.3) is 0 Å². The summed E-state index contributed by atoms with van der Waals surface area (Å²) < 4.78 is 5.29. The highest BCUT2D eigenvalue weighted by atomic mass is 35.5. The van der Waals surface area contributed by atoms with E-state index in [9.17, 15) is 9.59 Å². The van der Waals surface area contributed by atoms with Crippen LogP contribution in [0.15, 0.2) is 0 Å². The van der Waals surface area contributed by atoms with Crippen LogP contribution < -0.4 is 11.1 Å². The number of rotatable bonds is 3. The van der Waals surface area contributed by atoms with E-state index in [1.807, 2.05) is 25.7 Å². The van der Waals surface area contributed by atoms with Gasteiger partial charge in [0.2, 0.25) is 11.8 Å². The summed E-state index contributed by atoms with van der Waals surface area (Å²) >= 11 is 0. The highest BCUT2D eigenvalue weighted by molar-refractivity contribution is 5.85. The Labute approximate surface area is 138 Å². The second-order valence-electron chi connectivity index (χ2n) is 7.06. The summed E-state index contributed by atoms with van der Waals surface area (Å²) in [6.07, 6.45) is 2.02. The van der Waals surface area contributed by atoms with E-state index in [1.165, 1.54) is 0 Å². The number of amides is 2. The van der Waals surface area contributed by atoms with Crippen molar-refractivity contribution in [3.8, 4) is 0 Å². The molecule has 3 N–H and O–H groups in total. The number of ether oxygens (including phenoxy) is 1. The molecule has 2 heterocycles. The van der Waals surface area contributed by atoms with Gasteiger partial charge in [-0.3, -0.25) is 9.59 Å². The van der Waals surface area contributed by atoms with Gasteiger partial charge in [-0.1, -0.05) is 0 Å². The van der Waals surface area contributed by atoms with Crippen molar-refractivity contribution < 1.29 is 14.3 Å². The Balaban J connectivity index is 0.00000242. The van der Waals surface area contributed by atoms with Crippen LogP contribution in [-0.2, 0) is 14.3 Å². The van der Waals surface area contributed by atoms with Crippen LogP contribution in [0, 0.1) is 5.92 Å². The lowest BCUT2D eigenvalue weighted by atomic mass is 9.91. The standard InChI is InChI=1S/C15H27N3O3.ClH/c1-15(2,3)18-9-11(8-12(18)19)17-14(20)13(16)10-4-6-21-7-5-10;/h10-11,13H,4-9,16H2,1-3H3,(H,17,20);1H. The number of nitrogens with two attached hydrogens (primary N) is 1. The van der Waals surface area contributed by atoms with E-state index in [0.29, 0.717) is 26.2 Å². The molecular formula is C15H28ClN3O3. The van der Waals surface area contributed by atoms with Gasteiger partial charge < -0.3 is 20.7 Å². The van der Waals surface area contributed by atoms with Crippen LogP contribution in [0.3, 0.4) is 0 Å². The van der Waals surface area contributed by atoms with E-state index in [4.69, 9.17) is 10.5 Å². The molecule has 2 rings (SSSR count). The summed E-state index contributed by atoms with van der Waals surface area (Å²) in [6, 6.07) is -0.636. The molecule has 2 aliphatic heterocycles. The fourth-order valence-corrected chi connectivity index (χ4v) is 3.04. The SMILES string of the molecule is CC(C)(C)N1CC(NC(=O)C(N)C2CCOCC2)CC1=O.Cl. The third-order valence-electron chi connectivity index (χ3n) is 4.36. The number of carbonyl (C=O) groups excluding carboxylic acids is 2. The quantitative estimate of drug-likeness (QED) is 0.795. The maximum Gasteiger partial charge on any atom is 0.237 e. The van der Waals surface area contributed by atoms with Gasteiger partial charge in [0.15, 0.2) is 0 Å². The summed E-state index contributed by atoms with van der Waals surface area (Å²) in [7, 11) is 0. The Bertz CT molecular complexity index is 405. The molecule has 0 aromatic carbocycles. The minimum Gasteiger partial charge on any atom is -0.381 e. The highest BCUT2D eigenvalue weighted by Crippen LogP contribution is 2.22. The number of hydrogen-bond acceptors (Lipinski definition) is 4. The Hall–Kier alpha value is -0.850. The molecule has 7 heteroatoms. The van der Waals surface area contributed by atoms with E-state index in [1.54, 1.807) is 0 Å². The van der Waals surface area contributed by atoms with Crippen molar-refractivity contribution in [3.63, 3.8) is 0 Å². The predicted octanol–water partition coefficient (Wildman–Crippen LogP) is 0.678. The van der Waals surface area contributed by atoms with Crippen LogP contribution in [0.1, 0.15) is 40.0 Å². The average molecular weight is 334 g/mol. The maximum atomic E-state index is 12.3. The van der Waals surface area contributed by atoms with Crippen molar-refractivity contribution in [2.45, 2.75) is 57.7 Å². The monoisotopic (exact) mass is 333 g/mol. The summed E-state index contributed by atoms with van der Waals surface area (Å²) in [4.78, 5) is 26.1. The molecular weight excluding hydrogens is 306 g/mol. The van der Waals surface area contributed by atoms with Crippen LogP contribution in [0.4, 0.5) is 0 Å². The zero-order chi connectivity index (χ0) is 15.6. The fourth-order valence-electron chi connectivity index (χ4n) is 3.04. The van der Waals surface area contributed by atoms with Crippen molar-refractivity contribution in [3.05, 3.63) is 0 Å². The number of nitrogens with zero attached hydrogens (tertiary/aromatic N) is 1. The second kappa shape index (κ2) is 7.62. The zero-order valence-electron chi connectivity index (χ0n) is 13.6. The second-order valence-corrected chi connectivity index (χ2v) is 7.06. The summed E-state index contributed by atoms with van der Waals surface area (Å²) in [5.41, 5.74) is 5.85. The van der Waals surface area contributed by atoms with Crippen molar-refractivity contribution >= 4 is 24.2 Å². The zero-order valence-corrected chi connectivity index (χ0v) is 14.4. The molecule has 0 radical (unpaired) electrons. The topological polar surface area (TPSA) is 84.7 Å². The summed E-state index contributed by atoms with van der Waals surface area (Å²) in [6.45, 7) is 7.92. The minimum absolute atomic E-state index is 0. The first-order valence-corrected chi connectivity index (χ1v) is 7.73.